The molecule has 0 fully saturated rings. The number of hydrogen-bond donors (Lipinski definition) is 1. The third-order valence-electron chi connectivity index (χ3n) is 4.26. The summed E-state index contributed by atoms with van der Waals surface area (Å²) in [6.45, 7) is -0.246. The van der Waals surface area contributed by atoms with Crippen molar-refractivity contribution in [3.8, 4) is 11.8 Å². The Labute approximate surface area is 193 Å². The fraction of sp³-hybridized carbons (Fsp3) is 0.0435. The van der Waals surface area contributed by atoms with Crippen LogP contribution in [0.2, 0.25) is 10.0 Å². The summed E-state index contributed by atoms with van der Waals surface area (Å²) in [5.41, 5.74) is 2.00. The van der Waals surface area contributed by atoms with Crippen LogP contribution in [0.5, 0.6) is 5.75 Å². The van der Waals surface area contributed by atoms with Crippen LogP contribution in [-0.4, -0.2) is 17.4 Å². The summed E-state index contributed by atoms with van der Waals surface area (Å²) in [7, 11) is 0. The molecule has 0 aliphatic heterocycles. The molecule has 7 nitrogen and oxygen atoms in total. The highest BCUT2D eigenvalue weighted by molar-refractivity contribution is 6.32. The van der Waals surface area contributed by atoms with Crippen LogP contribution in [0.3, 0.4) is 0 Å². The number of halogens is 2. The van der Waals surface area contributed by atoms with Crippen molar-refractivity contribution in [3.63, 3.8) is 0 Å². The monoisotopic (exact) mass is 467 g/mol. The molecular weight excluding hydrogens is 453 g/mol. The van der Waals surface area contributed by atoms with Gasteiger partial charge < -0.3 is 10.1 Å². The zero-order chi connectivity index (χ0) is 23.1. The van der Waals surface area contributed by atoms with E-state index in [0.29, 0.717) is 33.2 Å². The number of allylic oxidation sites excluding steroid dienone is 1. The Bertz CT molecular complexity index is 1220. The van der Waals surface area contributed by atoms with Gasteiger partial charge in [-0.15, -0.1) is 0 Å². The standard InChI is InChI=1S/C23H15Cl2N3O4/c24-18-4-6-19(7-5-18)27-23(29)14-32-22-10-1-15(12-21(22)25)11-17(13-26)16-2-8-20(9-3-16)28(30)31/h1-12H,14H2,(H,27,29). The smallest absolute Gasteiger partial charge is 0.269 e. The van der Waals surface area contributed by atoms with E-state index < -0.39 is 4.92 Å². The van der Waals surface area contributed by atoms with Gasteiger partial charge in [0.05, 0.1) is 21.6 Å². The van der Waals surface area contributed by atoms with Gasteiger partial charge in [0, 0.05) is 22.8 Å². The average molecular weight is 468 g/mol. The highest BCUT2D eigenvalue weighted by atomic mass is 35.5. The molecule has 0 spiro atoms. The van der Waals surface area contributed by atoms with Crippen molar-refractivity contribution in [2.24, 2.45) is 0 Å². The molecule has 1 N–H and O–H groups in total. The molecule has 0 radical (unpaired) electrons. The fourth-order valence-electron chi connectivity index (χ4n) is 2.71. The summed E-state index contributed by atoms with van der Waals surface area (Å²) in [6.07, 6.45) is 1.60. The first-order valence-electron chi connectivity index (χ1n) is 9.20. The van der Waals surface area contributed by atoms with Crippen molar-refractivity contribution < 1.29 is 14.5 Å². The number of rotatable bonds is 7. The molecule has 0 bridgehead atoms. The molecule has 3 rings (SSSR count). The van der Waals surface area contributed by atoms with Crippen molar-refractivity contribution in [2.75, 3.05) is 11.9 Å². The molecule has 0 aliphatic rings. The van der Waals surface area contributed by atoms with E-state index in [1.807, 2.05) is 0 Å². The maximum absolute atomic E-state index is 12.1. The summed E-state index contributed by atoms with van der Waals surface area (Å²) in [5.74, 6) is -0.0544. The van der Waals surface area contributed by atoms with Gasteiger partial charge in [-0.05, 0) is 65.7 Å². The van der Waals surface area contributed by atoms with Gasteiger partial charge in [-0.2, -0.15) is 5.26 Å². The van der Waals surface area contributed by atoms with Gasteiger partial charge in [0.15, 0.2) is 6.61 Å². The van der Waals surface area contributed by atoms with E-state index in [4.69, 9.17) is 27.9 Å². The lowest BCUT2D eigenvalue weighted by Crippen LogP contribution is -2.20. The van der Waals surface area contributed by atoms with Crippen molar-refractivity contribution in [1.29, 1.82) is 5.26 Å². The van der Waals surface area contributed by atoms with Crippen LogP contribution in [0.4, 0.5) is 11.4 Å². The Morgan fingerprint density at radius 1 is 1.09 bits per heavy atom. The summed E-state index contributed by atoms with van der Waals surface area (Å²) >= 11 is 12.1. The van der Waals surface area contributed by atoms with E-state index in [1.54, 1.807) is 48.5 Å². The molecule has 160 valence electrons. The number of ether oxygens (including phenoxy) is 1. The van der Waals surface area contributed by atoms with Gasteiger partial charge in [0.2, 0.25) is 0 Å². The highest BCUT2D eigenvalue weighted by Gasteiger charge is 2.10. The van der Waals surface area contributed by atoms with Crippen molar-refractivity contribution in [3.05, 3.63) is 98.0 Å². The molecule has 1 amide bonds. The third-order valence-corrected chi connectivity index (χ3v) is 4.81. The van der Waals surface area contributed by atoms with E-state index in [9.17, 15) is 20.2 Å². The number of nitrogens with one attached hydrogen (secondary N) is 1. The van der Waals surface area contributed by atoms with Crippen molar-refractivity contribution in [2.45, 2.75) is 0 Å². The number of nitro benzene ring substituents is 1. The molecule has 9 heteroatoms. The molecule has 0 saturated heterocycles. The Balaban J connectivity index is 1.67. The van der Waals surface area contributed by atoms with E-state index in [2.05, 4.69) is 11.4 Å². The quantitative estimate of drug-likeness (QED) is 0.199. The highest BCUT2D eigenvalue weighted by Crippen LogP contribution is 2.28. The van der Waals surface area contributed by atoms with Crippen LogP contribution >= 0.6 is 23.2 Å². The van der Waals surface area contributed by atoms with E-state index >= 15 is 0 Å². The summed E-state index contributed by atoms with van der Waals surface area (Å²) < 4.78 is 5.48. The molecule has 3 aromatic carbocycles. The van der Waals surface area contributed by atoms with Crippen LogP contribution in [0.15, 0.2) is 66.7 Å². The number of benzene rings is 3. The summed E-state index contributed by atoms with van der Waals surface area (Å²) in [6, 6.07) is 19.3. The largest absolute Gasteiger partial charge is 0.482 e. The zero-order valence-electron chi connectivity index (χ0n) is 16.4. The number of carbonyl (C=O) groups excluding carboxylic acids is 1. The number of non-ortho nitro benzene ring substituents is 1. The molecule has 0 aromatic heterocycles. The summed E-state index contributed by atoms with van der Waals surface area (Å²) in [4.78, 5) is 22.3. The van der Waals surface area contributed by atoms with E-state index in [-0.39, 0.29) is 23.2 Å². The first-order valence-corrected chi connectivity index (χ1v) is 9.95. The number of nitro groups is 1. The Morgan fingerprint density at radius 3 is 2.38 bits per heavy atom. The van der Waals surface area contributed by atoms with Gasteiger partial charge in [-0.3, -0.25) is 14.9 Å². The van der Waals surface area contributed by atoms with Gasteiger partial charge >= 0.3 is 0 Å². The van der Waals surface area contributed by atoms with Crippen LogP contribution < -0.4 is 10.1 Å². The lowest BCUT2D eigenvalue weighted by Gasteiger charge is -2.09. The Morgan fingerprint density at radius 2 is 1.78 bits per heavy atom. The zero-order valence-corrected chi connectivity index (χ0v) is 17.9. The first kappa shape index (κ1) is 22.8. The molecule has 32 heavy (non-hydrogen) atoms. The predicted octanol–water partition coefficient (Wildman–Crippen LogP) is 5.98. The van der Waals surface area contributed by atoms with Crippen LogP contribution in [0.1, 0.15) is 11.1 Å². The average Bonchev–Trinajstić information content (AvgIpc) is 2.78. The molecule has 3 aromatic rings. The molecule has 0 aliphatic carbocycles. The molecule has 0 atom stereocenters. The van der Waals surface area contributed by atoms with Gasteiger partial charge in [0.25, 0.3) is 11.6 Å². The van der Waals surface area contributed by atoms with E-state index in [0.717, 1.165) is 0 Å². The Hall–Kier alpha value is -3.86. The minimum Gasteiger partial charge on any atom is -0.482 e. The SMILES string of the molecule is N#CC(=Cc1ccc(OCC(=O)Nc2ccc(Cl)cc2)c(Cl)c1)c1ccc([N+](=O)[O-])cc1. The van der Waals surface area contributed by atoms with Gasteiger partial charge in [0.1, 0.15) is 5.75 Å². The molecule has 0 unspecified atom stereocenters. The second-order valence-corrected chi connectivity index (χ2v) is 7.35. The molecular formula is C23H15Cl2N3O4. The second kappa shape index (κ2) is 10.4. The van der Waals surface area contributed by atoms with Gasteiger partial charge in [-0.1, -0.05) is 29.3 Å². The lowest BCUT2D eigenvalue weighted by atomic mass is 10.0. The molecule has 0 heterocycles. The van der Waals surface area contributed by atoms with Crippen molar-refractivity contribution in [1.82, 2.24) is 0 Å². The normalized spacial score (nSPS) is 10.8. The lowest BCUT2D eigenvalue weighted by molar-refractivity contribution is -0.384. The number of hydrogen-bond acceptors (Lipinski definition) is 5. The maximum atomic E-state index is 12.1. The number of carbonyl (C=O) groups is 1. The number of amides is 1. The van der Waals surface area contributed by atoms with Crippen LogP contribution in [-0.2, 0) is 4.79 Å². The summed E-state index contributed by atoms with van der Waals surface area (Å²) in [5, 5.41) is 23.7. The van der Waals surface area contributed by atoms with Crippen LogP contribution in [0, 0.1) is 21.4 Å². The maximum Gasteiger partial charge on any atom is 0.269 e. The van der Waals surface area contributed by atoms with E-state index in [1.165, 1.54) is 24.3 Å². The third kappa shape index (κ3) is 6.08. The minimum absolute atomic E-state index is 0.0596. The number of nitriles is 1. The molecule has 0 saturated carbocycles. The number of nitrogens with zero attached hydrogens (tertiary/aromatic N) is 2. The second-order valence-electron chi connectivity index (χ2n) is 6.51. The fourth-order valence-corrected chi connectivity index (χ4v) is 3.08. The van der Waals surface area contributed by atoms with Crippen molar-refractivity contribution >= 4 is 52.1 Å². The Kier molecular flexibility index (Phi) is 7.45. The topological polar surface area (TPSA) is 105 Å². The first-order chi connectivity index (χ1) is 15.4. The van der Waals surface area contributed by atoms with Gasteiger partial charge in [-0.25, -0.2) is 0 Å². The predicted molar refractivity (Wildman–Crippen MR) is 124 cm³/mol. The number of anilines is 1. The minimum atomic E-state index is -0.506. The van der Waals surface area contributed by atoms with Crippen LogP contribution in [0.25, 0.3) is 11.6 Å².